The molecule has 118 valence electrons. The molecule has 0 bridgehead atoms. The first-order valence-electron chi connectivity index (χ1n) is 7.60. The van der Waals surface area contributed by atoms with Crippen LogP contribution in [-0.4, -0.2) is 31.6 Å². The van der Waals surface area contributed by atoms with E-state index in [-0.39, 0.29) is 0 Å². The van der Waals surface area contributed by atoms with Crippen LogP contribution < -0.4 is 10.2 Å². The molecule has 0 saturated carbocycles. The largest absolute Gasteiger partial charge is 0.390 e. The Kier molecular flexibility index (Phi) is 7.54. The Balaban J connectivity index is 2.06. The predicted octanol–water partition coefficient (Wildman–Crippen LogP) is 4.19. The SMILES string of the molecule is CN(CCS)c1ccc(/C=C2/C/C=C\C=C/NCCS2)cc1. The lowest BCUT2D eigenvalue weighted by Gasteiger charge is -2.18. The summed E-state index contributed by atoms with van der Waals surface area (Å²) in [4.78, 5) is 3.63. The molecule has 1 heterocycles. The number of nitrogens with zero attached hydrogens (tertiary/aromatic N) is 1. The molecular weight excluding hydrogens is 308 g/mol. The zero-order valence-corrected chi connectivity index (χ0v) is 14.7. The number of nitrogens with one attached hydrogen (secondary N) is 1. The highest BCUT2D eigenvalue weighted by Gasteiger charge is 2.01. The van der Waals surface area contributed by atoms with Crippen LogP contribution in [0.4, 0.5) is 5.69 Å². The van der Waals surface area contributed by atoms with Gasteiger partial charge in [-0.3, -0.25) is 0 Å². The molecule has 0 radical (unpaired) electrons. The molecule has 0 fully saturated rings. The topological polar surface area (TPSA) is 15.3 Å². The van der Waals surface area contributed by atoms with E-state index in [0.717, 1.165) is 31.0 Å². The molecule has 2 rings (SSSR count). The van der Waals surface area contributed by atoms with Crippen molar-refractivity contribution in [2.24, 2.45) is 0 Å². The number of benzene rings is 1. The number of hydrogen-bond donors (Lipinski definition) is 2. The molecule has 1 aromatic rings. The third-order valence-corrected chi connectivity index (χ3v) is 4.67. The molecule has 0 aliphatic carbocycles. The average Bonchev–Trinajstić information content (AvgIpc) is 2.54. The quantitative estimate of drug-likeness (QED) is 0.804. The first-order chi connectivity index (χ1) is 10.8. The van der Waals surface area contributed by atoms with Crippen LogP contribution in [0.5, 0.6) is 0 Å². The molecule has 1 aliphatic rings. The lowest BCUT2D eigenvalue weighted by molar-refractivity contribution is 0.929. The summed E-state index contributed by atoms with van der Waals surface area (Å²) >= 11 is 6.21. The maximum Gasteiger partial charge on any atom is 0.0364 e. The van der Waals surface area contributed by atoms with E-state index in [1.165, 1.54) is 16.2 Å². The number of thiol groups is 1. The maximum absolute atomic E-state index is 4.28. The lowest BCUT2D eigenvalue weighted by Crippen LogP contribution is -2.19. The van der Waals surface area contributed by atoms with E-state index in [9.17, 15) is 0 Å². The molecule has 1 aliphatic heterocycles. The molecule has 2 nitrogen and oxygen atoms in total. The van der Waals surface area contributed by atoms with Crippen LogP contribution in [0.25, 0.3) is 6.08 Å². The fourth-order valence-corrected chi connectivity index (χ4v) is 3.38. The highest BCUT2D eigenvalue weighted by atomic mass is 32.2. The molecule has 0 saturated heterocycles. The lowest BCUT2D eigenvalue weighted by atomic mass is 10.1. The smallest absolute Gasteiger partial charge is 0.0364 e. The van der Waals surface area contributed by atoms with Crippen molar-refractivity contribution < 1.29 is 0 Å². The molecular formula is C18H24N2S2. The predicted molar refractivity (Wildman–Crippen MR) is 105 cm³/mol. The van der Waals surface area contributed by atoms with Gasteiger partial charge in [0.1, 0.15) is 0 Å². The van der Waals surface area contributed by atoms with Crippen LogP contribution in [0.3, 0.4) is 0 Å². The van der Waals surface area contributed by atoms with Crippen molar-refractivity contribution >= 4 is 36.2 Å². The Morgan fingerprint density at radius 2 is 2.09 bits per heavy atom. The summed E-state index contributed by atoms with van der Waals surface area (Å²) in [6.45, 7) is 1.96. The minimum absolute atomic E-state index is 0.869. The minimum Gasteiger partial charge on any atom is -0.390 e. The van der Waals surface area contributed by atoms with E-state index < -0.39 is 0 Å². The van der Waals surface area contributed by atoms with Crippen LogP contribution in [-0.2, 0) is 0 Å². The summed E-state index contributed by atoms with van der Waals surface area (Å²) in [5.41, 5.74) is 2.50. The van der Waals surface area contributed by atoms with E-state index in [1.807, 2.05) is 18.0 Å². The third-order valence-electron chi connectivity index (χ3n) is 3.41. The Morgan fingerprint density at radius 1 is 1.27 bits per heavy atom. The first kappa shape index (κ1) is 17.1. The van der Waals surface area contributed by atoms with Gasteiger partial charge in [0.05, 0.1) is 0 Å². The first-order valence-corrected chi connectivity index (χ1v) is 9.22. The molecule has 0 aromatic heterocycles. The standard InChI is InChI=1S/C18H24N2S2/c1-20(12-13-21)17-8-6-16(7-9-17)15-18-5-3-2-4-10-19-11-14-22-18/h2-4,6-10,15,19,21H,5,11-14H2,1H3/b3-2-,10-4-,18-15-. The van der Waals surface area contributed by atoms with Gasteiger partial charge < -0.3 is 10.2 Å². The van der Waals surface area contributed by atoms with E-state index in [1.54, 1.807) is 0 Å². The zero-order chi connectivity index (χ0) is 15.6. The Labute approximate surface area is 143 Å². The van der Waals surface area contributed by atoms with Crippen molar-refractivity contribution in [2.75, 3.05) is 36.5 Å². The van der Waals surface area contributed by atoms with Crippen LogP contribution in [0.15, 0.2) is 53.6 Å². The van der Waals surface area contributed by atoms with Gasteiger partial charge in [0, 0.05) is 37.3 Å². The van der Waals surface area contributed by atoms with Crippen LogP contribution >= 0.6 is 24.4 Å². The Morgan fingerprint density at radius 3 is 2.86 bits per heavy atom. The average molecular weight is 333 g/mol. The third kappa shape index (κ3) is 5.85. The molecule has 0 atom stereocenters. The van der Waals surface area contributed by atoms with Gasteiger partial charge in [-0.2, -0.15) is 12.6 Å². The molecule has 4 heteroatoms. The summed E-state index contributed by atoms with van der Waals surface area (Å²) in [5, 5.41) is 3.28. The molecule has 0 spiro atoms. The molecule has 22 heavy (non-hydrogen) atoms. The number of anilines is 1. The van der Waals surface area contributed by atoms with Crippen molar-refractivity contribution in [3.63, 3.8) is 0 Å². The van der Waals surface area contributed by atoms with Gasteiger partial charge in [0.2, 0.25) is 0 Å². The highest BCUT2D eigenvalue weighted by molar-refractivity contribution is 8.03. The van der Waals surface area contributed by atoms with Gasteiger partial charge in [-0.15, -0.1) is 11.8 Å². The van der Waals surface area contributed by atoms with E-state index in [0.29, 0.717) is 0 Å². The van der Waals surface area contributed by atoms with E-state index in [2.05, 4.69) is 78.5 Å². The van der Waals surface area contributed by atoms with Gasteiger partial charge in [-0.05, 0) is 47.4 Å². The summed E-state index contributed by atoms with van der Waals surface area (Å²) < 4.78 is 0. The van der Waals surface area contributed by atoms with Crippen molar-refractivity contribution in [1.82, 2.24) is 5.32 Å². The van der Waals surface area contributed by atoms with Gasteiger partial charge >= 0.3 is 0 Å². The van der Waals surface area contributed by atoms with Gasteiger partial charge in [-0.1, -0.05) is 24.3 Å². The van der Waals surface area contributed by atoms with Gasteiger partial charge in [-0.25, -0.2) is 0 Å². The van der Waals surface area contributed by atoms with Crippen molar-refractivity contribution in [1.29, 1.82) is 0 Å². The van der Waals surface area contributed by atoms with Crippen LogP contribution in [0, 0.1) is 0 Å². The Bertz CT molecular complexity index is 533. The molecule has 1 N–H and O–H groups in total. The molecule has 0 amide bonds. The summed E-state index contributed by atoms with van der Waals surface area (Å²) in [6.07, 6.45) is 11.7. The molecule has 0 unspecified atom stereocenters. The minimum atomic E-state index is 0.869. The van der Waals surface area contributed by atoms with Crippen LogP contribution in [0.2, 0.25) is 0 Å². The van der Waals surface area contributed by atoms with Gasteiger partial charge in [0.25, 0.3) is 0 Å². The summed E-state index contributed by atoms with van der Waals surface area (Å²) in [6, 6.07) is 8.75. The monoisotopic (exact) mass is 332 g/mol. The fraction of sp³-hybridized carbons (Fsp3) is 0.333. The Hall–Kier alpha value is -1.26. The number of hydrogen-bond acceptors (Lipinski definition) is 4. The van der Waals surface area contributed by atoms with E-state index in [4.69, 9.17) is 0 Å². The van der Waals surface area contributed by atoms with Crippen molar-refractivity contribution in [2.45, 2.75) is 6.42 Å². The van der Waals surface area contributed by atoms with E-state index >= 15 is 0 Å². The normalized spacial score (nSPS) is 20.2. The maximum atomic E-state index is 4.28. The zero-order valence-electron chi connectivity index (χ0n) is 13.0. The summed E-state index contributed by atoms with van der Waals surface area (Å²) in [5.74, 6) is 1.96. The number of rotatable bonds is 4. The number of thioether (sulfide) groups is 1. The molecule has 1 aromatic carbocycles. The van der Waals surface area contributed by atoms with Crippen molar-refractivity contribution in [3.05, 3.63) is 59.2 Å². The second-order valence-corrected chi connectivity index (χ2v) is 6.81. The van der Waals surface area contributed by atoms with Crippen molar-refractivity contribution in [3.8, 4) is 0 Å². The fourth-order valence-electron chi connectivity index (χ4n) is 2.16. The van der Waals surface area contributed by atoms with Crippen LogP contribution in [0.1, 0.15) is 12.0 Å². The number of allylic oxidation sites excluding steroid dienone is 4. The van der Waals surface area contributed by atoms with Gasteiger partial charge in [0.15, 0.2) is 0 Å². The summed E-state index contributed by atoms with van der Waals surface area (Å²) in [7, 11) is 2.10. The second-order valence-electron chi connectivity index (χ2n) is 5.14. The second kappa shape index (κ2) is 9.70. The highest BCUT2D eigenvalue weighted by Crippen LogP contribution is 2.24.